The molecule has 2 aromatic carbocycles. The van der Waals surface area contributed by atoms with Gasteiger partial charge in [-0.1, -0.05) is 11.6 Å². The number of aromatic nitrogens is 2. The highest BCUT2D eigenvalue weighted by atomic mass is 35.5. The SMILES string of the molecule is Cc1cc(C)nc(Nc2ccc(OC(=O)c3ccc(Cl)c([N+](=O)[O-])c3)cc2)n1. The summed E-state index contributed by atoms with van der Waals surface area (Å²) in [5, 5.41) is 14.0. The zero-order valence-electron chi connectivity index (χ0n) is 15.0. The monoisotopic (exact) mass is 398 g/mol. The van der Waals surface area contributed by atoms with E-state index in [9.17, 15) is 14.9 Å². The van der Waals surface area contributed by atoms with Gasteiger partial charge in [0.25, 0.3) is 5.69 Å². The molecule has 0 aliphatic rings. The van der Waals surface area contributed by atoms with Gasteiger partial charge in [-0.05, 0) is 56.3 Å². The van der Waals surface area contributed by atoms with Gasteiger partial charge < -0.3 is 10.1 Å². The van der Waals surface area contributed by atoms with Crippen molar-refractivity contribution in [2.24, 2.45) is 0 Å². The third kappa shape index (κ3) is 4.60. The van der Waals surface area contributed by atoms with E-state index in [4.69, 9.17) is 16.3 Å². The molecule has 0 aliphatic heterocycles. The molecule has 1 aromatic heterocycles. The molecule has 3 rings (SSSR count). The molecule has 142 valence electrons. The maximum Gasteiger partial charge on any atom is 0.343 e. The number of hydrogen-bond donors (Lipinski definition) is 1. The lowest BCUT2D eigenvalue weighted by atomic mass is 10.2. The standard InChI is InChI=1S/C19H15ClN4O4/c1-11-9-12(2)22-19(21-11)23-14-4-6-15(7-5-14)28-18(25)13-3-8-16(20)17(10-13)24(26)27/h3-10H,1-2H3,(H,21,22,23). The molecule has 28 heavy (non-hydrogen) atoms. The number of rotatable bonds is 5. The molecule has 3 aromatic rings. The quantitative estimate of drug-likeness (QED) is 0.289. The number of carbonyl (C=O) groups excluding carboxylic acids is 1. The second-order valence-electron chi connectivity index (χ2n) is 5.94. The van der Waals surface area contributed by atoms with Crippen LogP contribution in [0.3, 0.4) is 0 Å². The molecule has 1 heterocycles. The molecule has 0 fully saturated rings. The average molecular weight is 399 g/mol. The lowest BCUT2D eigenvalue weighted by Crippen LogP contribution is -2.09. The zero-order valence-corrected chi connectivity index (χ0v) is 15.7. The van der Waals surface area contributed by atoms with Crippen LogP contribution in [0.4, 0.5) is 17.3 Å². The van der Waals surface area contributed by atoms with Crippen molar-refractivity contribution in [3.8, 4) is 5.75 Å². The van der Waals surface area contributed by atoms with Crippen LogP contribution >= 0.6 is 11.6 Å². The highest BCUT2D eigenvalue weighted by Crippen LogP contribution is 2.26. The van der Waals surface area contributed by atoms with Gasteiger partial charge in [0.15, 0.2) is 0 Å². The number of aryl methyl sites for hydroxylation is 2. The Kier molecular flexibility index (Phi) is 5.51. The summed E-state index contributed by atoms with van der Waals surface area (Å²) in [5.41, 5.74) is 2.08. The van der Waals surface area contributed by atoms with E-state index in [1.165, 1.54) is 12.1 Å². The van der Waals surface area contributed by atoms with Gasteiger partial charge in [0.1, 0.15) is 10.8 Å². The van der Waals surface area contributed by atoms with E-state index in [1.807, 2.05) is 19.9 Å². The molecule has 9 heteroatoms. The first-order valence-corrected chi connectivity index (χ1v) is 8.55. The summed E-state index contributed by atoms with van der Waals surface area (Å²) in [6, 6.07) is 12.2. The molecule has 0 saturated heterocycles. The fraction of sp³-hybridized carbons (Fsp3) is 0.105. The van der Waals surface area contributed by atoms with Crippen molar-refractivity contribution in [2.75, 3.05) is 5.32 Å². The Bertz CT molecular complexity index is 1030. The highest BCUT2D eigenvalue weighted by Gasteiger charge is 2.17. The normalized spacial score (nSPS) is 10.4. The van der Waals surface area contributed by atoms with Gasteiger partial charge in [0.2, 0.25) is 5.95 Å². The van der Waals surface area contributed by atoms with Crippen molar-refractivity contribution in [2.45, 2.75) is 13.8 Å². The Morgan fingerprint density at radius 1 is 1.07 bits per heavy atom. The van der Waals surface area contributed by atoms with E-state index in [0.717, 1.165) is 17.5 Å². The third-order valence-electron chi connectivity index (χ3n) is 3.68. The van der Waals surface area contributed by atoms with Crippen molar-refractivity contribution in [3.63, 3.8) is 0 Å². The summed E-state index contributed by atoms with van der Waals surface area (Å²) in [4.78, 5) is 31.1. The van der Waals surface area contributed by atoms with Crippen LogP contribution in [0.15, 0.2) is 48.5 Å². The molecule has 0 unspecified atom stereocenters. The van der Waals surface area contributed by atoms with Crippen LogP contribution < -0.4 is 10.1 Å². The Hall–Kier alpha value is -3.52. The molecule has 0 bridgehead atoms. The Labute approximate surface area is 165 Å². The van der Waals surface area contributed by atoms with Gasteiger partial charge in [0, 0.05) is 23.1 Å². The van der Waals surface area contributed by atoms with Gasteiger partial charge >= 0.3 is 5.97 Å². The van der Waals surface area contributed by atoms with Gasteiger partial charge in [-0.15, -0.1) is 0 Å². The second kappa shape index (κ2) is 8.01. The van der Waals surface area contributed by atoms with Gasteiger partial charge in [0.05, 0.1) is 10.5 Å². The predicted molar refractivity (Wildman–Crippen MR) is 104 cm³/mol. The fourth-order valence-electron chi connectivity index (χ4n) is 2.46. The largest absolute Gasteiger partial charge is 0.423 e. The number of halogens is 1. The lowest BCUT2D eigenvalue weighted by Gasteiger charge is -2.08. The summed E-state index contributed by atoms with van der Waals surface area (Å²) in [6.45, 7) is 3.76. The number of nitro groups is 1. The van der Waals surface area contributed by atoms with E-state index < -0.39 is 10.9 Å². The summed E-state index contributed by atoms with van der Waals surface area (Å²) in [6.07, 6.45) is 0. The first-order chi connectivity index (χ1) is 13.3. The number of nitro benzene ring substituents is 1. The van der Waals surface area contributed by atoms with Crippen molar-refractivity contribution in [1.82, 2.24) is 9.97 Å². The minimum absolute atomic E-state index is 0.0296. The fourth-order valence-corrected chi connectivity index (χ4v) is 2.65. The average Bonchev–Trinajstić information content (AvgIpc) is 2.62. The molecule has 0 saturated carbocycles. The summed E-state index contributed by atoms with van der Waals surface area (Å²) >= 11 is 5.75. The maximum atomic E-state index is 12.2. The minimum Gasteiger partial charge on any atom is -0.423 e. The molecule has 0 aliphatic carbocycles. The van der Waals surface area contributed by atoms with Crippen LogP contribution in [-0.2, 0) is 0 Å². The van der Waals surface area contributed by atoms with Gasteiger partial charge in [-0.25, -0.2) is 14.8 Å². The topological polar surface area (TPSA) is 107 Å². The Morgan fingerprint density at radius 3 is 2.32 bits per heavy atom. The number of anilines is 2. The smallest absolute Gasteiger partial charge is 0.343 e. The molecule has 0 radical (unpaired) electrons. The van der Waals surface area contributed by atoms with Crippen LogP contribution in [0.25, 0.3) is 0 Å². The number of hydrogen-bond acceptors (Lipinski definition) is 7. The first-order valence-electron chi connectivity index (χ1n) is 8.17. The van der Waals surface area contributed by atoms with E-state index >= 15 is 0 Å². The van der Waals surface area contributed by atoms with Crippen molar-refractivity contribution in [3.05, 3.63) is 80.6 Å². The molecule has 0 atom stereocenters. The highest BCUT2D eigenvalue weighted by molar-refractivity contribution is 6.32. The summed E-state index contributed by atoms with van der Waals surface area (Å²) in [7, 11) is 0. The zero-order chi connectivity index (χ0) is 20.3. The second-order valence-corrected chi connectivity index (χ2v) is 6.34. The van der Waals surface area contributed by atoms with E-state index in [-0.39, 0.29) is 22.0 Å². The lowest BCUT2D eigenvalue weighted by molar-refractivity contribution is -0.384. The summed E-state index contributed by atoms with van der Waals surface area (Å²) in [5.74, 6) is 0.0309. The number of nitrogens with zero attached hydrogens (tertiary/aromatic N) is 3. The van der Waals surface area contributed by atoms with Crippen molar-refractivity contribution >= 4 is 34.9 Å². The van der Waals surface area contributed by atoms with Crippen LogP contribution in [0, 0.1) is 24.0 Å². The molecule has 0 amide bonds. The molecule has 0 spiro atoms. The van der Waals surface area contributed by atoms with Crippen LogP contribution in [-0.4, -0.2) is 20.9 Å². The predicted octanol–water partition coefficient (Wildman–Crippen LogP) is 4.62. The number of carbonyl (C=O) groups is 1. The number of nitrogens with one attached hydrogen (secondary N) is 1. The van der Waals surface area contributed by atoms with Crippen LogP contribution in [0.5, 0.6) is 5.75 Å². The van der Waals surface area contributed by atoms with E-state index in [2.05, 4.69) is 15.3 Å². The molecular formula is C19H15ClN4O4. The maximum absolute atomic E-state index is 12.2. The van der Waals surface area contributed by atoms with E-state index in [0.29, 0.717) is 11.6 Å². The molecular weight excluding hydrogens is 384 g/mol. The van der Waals surface area contributed by atoms with Gasteiger partial charge in [-0.2, -0.15) is 0 Å². The van der Waals surface area contributed by atoms with Crippen LogP contribution in [0.1, 0.15) is 21.7 Å². The molecule has 8 nitrogen and oxygen atoms in total. The number of benzene rings is 2. The Morgan fingerprint density at radius 2 is 1.71 bits per heavy atom. The van der Waals surface area contributed by atoms with E-state index in [1.54, 1.807) is 24.3 Å². The minimum atomic E-state index is -0.724. The summed E-state index contributed by atoms with van der Waals surface area (Å²) < 4.78 is 5.25. The van der Waals surface area contributed by atoms with Crippen molar-refractivity contribution < 1.29 is 14.5 Å². The van der Waals surface area contributed by atoms with Crippen LogP contribution in [0.2, 0.25) is 5.02 Å². The van der Waals surface area contributed by atoms with Crippen molar-refractivity contribution in [1.29, 1.82) is 0 Å². The molecule has 1 N–H and O–H groups in total. The first kappa shape index (κ1) is 19.2. The Balaban J connectivity index is 1.71. The van der Waals surface area contributed by atoms with Gasteiger partial charge in [-0.3, -0.25) is 10.1 Å². The number of esters is 1. The third-order valence-corrected chi connectivity index (χ3v) is 4.00. The number of ether oxygens (including phenoxy) is 1.